The number of aromatic hydroxyl groups is 1. The van der Waals surface area contributed by atoms with Crippen molar-refractivity contribution in [2.24, 2.45) is 16.0 Å². The number of phenolic OH excluding ortho intramolecular Hbond substituents is 1. The summed E-state index contributed by atoms with van der Waals surface area (Å²) >= 11 is 0. The summed E-state index contributed by atoms with van der Waals surface area (Å²) < 4.78 is 5.46. The van der Waals surface area contributed by atoms with E-state index in [1.54, 1.807) is 37.3 Å². The van der Waals surface area contributed by atoms with Gasteiger partial charge in [0.05, 0.1) is 34.9 Å². The molecule has 0 aliphatic carbocycles. The minimum atomic E-state index is -1.32. The highest BCUT2D eigenvalue weighted by atomic mass is 16.4. The van der Waals surface area contributed by atoms with Crippen molar-refractivity contribution in [3.63, 3.8) is 0 Å². The molecule has 4 rings (SSSR count). The number of unbranched alkanes of at least 4 members (excludes halogenated alkanes) is 1. The summed E-state index contributed by atoms with van der Waals surface area (Å²) in [4.78, 5) is 54.4. The fraction of sp³-hybridized carbons (Fsp3) is 0.294. The molecule has 3 atom stereocenters. The molecule has 0 aliphatic rings. The zero-order valence-electron chi connectivity index (χ0n) is 25.7. The normalized spacial score (nSPS) is 13.4. The molecule has 1 heterocycles. The molecular formula is C34H37N5O6. The van der Waals surface area contributed by atoms with Crippen molar-refractivity contribution < 1.29 is 23.9 Å². The predicted octanol–water partition coefficient (Wildman–Crippen LogP) is 5.46. The Balaban J connectivity index is 1.70. The van der Waals surface area contributed by atoms with Crippen molar-refractivity contribution in [3.05, 3.63) is 93.8 Å². The molecule has 3 aromatic carbocycles. The maximum absolute atomic E-state index is 14.1. The van der Waals surface area contributed by atoms with E-state index in [1.165, 1.54) is 12.1 Å². The Kier molecular flexibility index (Phi) is 10.6. The van der Waals surface area contributed by atoms with Gasteiger partial charge in [0.1, 0.15) is 17.6 Å². The first-order chi connectivity index (χ1) is 21.5. The first-order valence-corrected chi connectivity index (χ1v) is 14.6. The third-order valence-electron chi connectivity index (χ3n) is 7.69. The zero-order valence-corrected chi connectivity index (χ0v) is 25.7. The van der Waals surface area contributed by atoms with Gasteiger partial charge >= 0.3 is 5.63 Å². The van der Waals surface area contributed by atoms with Gasteiger partial charge in [-0.1, -0.05) is 19.8 Å². The monoisotopic (exact) mass is 611 g/mol. The highest BCUT2D eigenvalue weighted by Crippen LogP contribution is 2.30. The van der Waals surface area contributed by atoms with E-state index in [0.29, 0.717) is 41.5 Å². The maximum atomic E-state index is 14.1. The zero-order chi connectivity index (χ0) is 32.7. The van der Waals surface area contributed by atoms with Crippen LogP contribution in [-0.2, 0) is 9.59 Å². The second-order valence-corrected chi connectivity index (χ2v) is 11.0. The molecule has 4 aromatic rings. The standard InChI is InChI=1S/C34H37N5O6/c1-5-6-7-28(33(35)43)36-31(27(19-40)30-20(2)26-17-16-25(41)18-29(26)45-34(30)44)32(42)21-8-10-22(11-9-21)37-38-23-12-14-24(15-13-23)39(3)4/h8-19,27-28,31,36,41H,5-7H2,1-4H3,(H2,35,43)/t27?,28-,31?/m0/s1. The molecule has 0 aliphatic heterocycles. The summed E-state index contributed by atoms with van der Waals surface area (Å²) in [6, 6.07) is 15.9. The molecule has 0 saturated heterocycles. The fourth-order valence-electron chi connectivity index (χ4n) is 5.14. The number of aldehydes is 1. The Morgan fingerprint density at radius 3 is 2.20 bits per heavy atom. The second kappa shape index (κ2) is 14.5. The van der Waals surface area contributed by atoms with Crippen LogP contribution in [-0.4, -0.2) is 49.3 Å². The van der Waals surface area contributed by atoms with Crippen LogP contribution in [0.5, 0.6) is 5.75 Å². The van der Waals surface area contributed by atoms with Crippen molar-refractivity contribution in [1.82, 2.24) is 5.32 Å². The Hall–Kier alpha value is -5.16. The molecule has 0 saturated carbocycles. The van der Waals surface area contributed by atoms with Gasteiger partial charge in [-0.3, -0.25) is 14.9 Å². The lowest BCUT2D eigenvalue weighted by molar-refractivity contribution is -0.120. The average molecular weight is 612 g/mol. The minimum absolute atomic E-state index is 0.0292. The number of primary amides is 1. The van der Waals surface area contributed by atoms with E-state index in [9.17, 15) is 24.3 Å². The van der Waals surface area contributed by atoms with Gasteiger partial charge < -0.3 is 25.0 Å². The summed E-state index contributed by atoms with van der Waals surface area (Å²) in [5, 5.41) is 21.9. The topological polar surface area (TPSA) is 168 Å². The number of carbonyl (C=O) groups excluding carboxylic acids is 3. The highest BCUT2D eigenvalue weighted by molar-refractivity contribution is 6.03. The van der Waals surface area contributed by atoms with Crippen LogP contribution >= 0.6 is 0 Å². The van der Waals surface area contributed by atoms with E-state index in [2.05, 4.69) is 15.5 Å². The summed E-state index contributed by atoms with van der Waals surface area (Å²) in [6.45, 7) is 3.59. The van der Waals surface area contributed by atoms with Crippen LogP contribution in [0.4, 0.5) is 17.1 Å². The van der Waals surface area contributed by atoms with Crippen molar-refractivity contribution in [1.29, 1.82) is 0 Å². The lowest BCUT2D eigenvalue weighted by Gasteiger charge is -2.28. The number of hydrogen-bond acceptors (Lipinski definition) is 10. The number of Topliss-reactive ketones (excluding diaryl/α,β-unsaturated/α-hetero) is 1. The lowest BCUT2D eigenvalue weighted by atomic mass is 9.85. The first-order valence-electron chi connectivity index (χ1n) is 14.6. The number of nitrogens with two attached hydrogens (primary N) is 1. The fourth-order valence-corrected chi connectivity index (χ4v) is 5.14. The van der Waals surface area contributed by atoms with E-state index in [4.69, 9.17) is 10.2 Å². The second-order valence-electron chi connectivity index (χ2n) is 11.0. The number of hydrogen-bond donors (Lipinski definition) is 3. The number of anilines is 1. The van der Waals surface area contributed by atoms with Gasteiger partial charge in [0, 0.05) is 36.8 Å². The van der Waals surface area contributed by atoms with Gasteiger partial charge in [-0.25, -0.2) is 4.79 Å². The molecule has 2 unspecified atom stereocenters. The average Bonchev–Trinajstić information content (AvgIpc) is 3.02. The van der Waals surface area contributed by atoms with Gasteiger partial charge in [0.15, 0.2) is 5.78 Å². The molecule has 0 bridgehead atoms. The van der Waals surface area contributed by atoms with E-state index >= 15 is 0 Å². The van der Waals surface area contributed by atoms with Crippen LogP contribution in [0.1, 0.15) is 53.6 Å². The molecule has 234 valence electrons. The Labute approximate surface area is 260 Å². The number of nitrogens with zero attached hydrogens (tertiary/aromatic N) is 3. The number of nitrogens with one attached hydrogen (secondary N) is 1. The van der Waals surface area contributed by atoms with Crippen LogP contribution in [0.2, 0.25) is 0 Å². The van der Waals surface area contributed by atoms with Gasteiger partial charge in [-0.15, -0.1) is 0 Å². The summed E-state index contributed by atoms with van der Waals surface area (Å²) in [6.07, 6.45) is 2.26. The number of carbonyl (C=O) groups is 3. The Morgan fingerprint density at radius 2 is 1.64 bits per heavy atom. The third kappa shape index (κ3) is 7.68. The molecule has 1 amide bonds. The van der Waals surface area contributed by atoms with Crippen molar-refractivity contribution >= 4 is 46.0 Å². The van der Waals surface area contributed by atoms with Crippen LogP contribution in [0.3, 0.4) is 0 Å². The predicted molar refractivity (Wildman–Crippen MR) is 173 cm³/mol. The SMILES string of the molecule is CCCC[C@H](NC(C(=O)c1ccc(N=Nc2ccc(N(C)C)cc2)cc1)C(C=O)c1c(C)c2ccc(O)cc2oc1=O)C(N)=O. The van der Waals surface area contributed by atoms with Gasteiger partial charge in [0.25, 0.3) is 0 Å². The molecule has 1 aromatic heterocycles. The molecule has 45 heavy (non-hydrogen) atoms. The molecule has 11 heteroatoms. The van der Waals surface area contributed by atoms with Crippen LogP contribution in [0.15, 0.2) is 86.2 Å². The quantitative estimate of drug-likeness (QED) is 0.0731. The smallest absolute Gasteiger partial charge is 0.340 e. The van der Waals surface area contributed by atoms with Gasteiger partial charge in [-0.2, -0.15) is 10.2 Å². The number of benzene rings is 3. The van der Waals surface area contributed by atoms with Crippen molar-refractivity contribution in [2.75, 3.05) is 19.0 Å². The molecule has 0 fully saturated rings. The van der Waals surface area contributed by atoms with Crippen LogP contribution < -0.4 is 21.6 Å². The molecule has 0 radical (unpaired) electrons. The largest absolute Gasteiger partial charge is 0.508 e. The maximum Gasteiger partial charge on any atom is 0.340 e. The first kappa shape index (κ1) is 32.7. The third-order valence-corrected chi connectivity index (χ3v) is 7.69. The van der Waals surface area contributed by atoms with Crippen LogP contribution in [0, 0.1) is 6.92 Å². The number of aryl methyl sites for hydroxylation is 1. The molecular weight excluding hydrogens is 574 g/mol. The van der Waals surface area contributed by atoms with Gasteiger partial charge in [0.2, 0.25) is 5.91 Å². The number of azo groups is 1. The number of ketones is 1. The highest BCUT2D eigenvalue weighted by Gasteiger charge is 2.36. The summed E-state index contributed by atoms with van der Waals surface area (Å²) in [5.74, 6) is -2.62. The van der Waals surface area contributed by atoms with Crippen LogP contribution in [0.25, 0.3) is 11.0 Å². The molecule has 4 N–H and O–H groups in total. The molecule has 0 spiro atoms. The minimum Gasteiger partial charge on any atom is -0.508 e. The lowest BCUT2D eigenvalue weighted by Crippen LogP contribution is -2.53. The summed E-state index contributed by atoms with van der Waals surface area (Å²) in [7, 11) is 3.89. The molecule has 11 nitrogen and oxygen atoms in total. The number of rotatable bonds is 14. The number of phenols is 1. The van der Waals surface area contributed by atoms with E-state index in [0.717, 1.165) is 12.1 Å². The number of amides is 1. The van der Waals surface area contributed by atoms with E-state index < -0.39 is 35.3 Å². The summed E-state index contributed by atoms with van der Waals surface area (Å²) in [5.41, 5.74) is 7.77. The van der Waals surface area contributed by atoms with Crippen molar-refractivity contribution in [3.8, 4) is 5.75 Å². The Morgan fingerprint density at radius 1 is 1.02 bits per heavy atom. The van der Waals surface area contributed by atoms with Gasteiger partial charge in [-0.05, 0) is 79.6 Å². The Bertz CT molecular complexity index is 1760. The van der Waals surface area contributed by atoms with E-state index in [-0.39, 0.29) is 22.5 Å². The number of fused-ring (bicyclic) bond motifs is 1. The van der Waals surface area contributed by atoms with E-state index in [1.807, 2.05) is 50.2 Å². The van der Waals surface area contributed by atoms with Crippen molar-refractivity contribution in [2.45, 2.75) is 51.1 Å².